The standard InChI is InChI=1S/C22H20N2O2/c23-17-7-1-13(2-8-17)11-14-3-9-18(10-4-14)24-21(25)19-15-5-6-16(12-15)20(19)22(24)26/h1-10,15-16,19-20H,11-12,23H2/t15-,16+,19-,20-/m0/s1. The second kappa shape index (κ2) is 5.56. The third kappa shape index (κ3) is 2.22. The summed E-state index contributed by atoms with van der Waals surface area (Å²) in [5.41, 5.74) is 9.48. The smallest absolute Gasteiger partial charge is 0.238 e. The van der Waals surface area contributed by atoms with Crippen molar-refractivity contribution in [2.45, 2.75) is 12.8 Å². The largest absolute Gasteiger partial charge is 0.399 e. The van der Waals surface area contributed by atoms with Crippen LogP contribution in [0.5, 0.6) is 0 Å². The van der Waals surface area contributed by atoms with E-state index < -0.39 is 0 Å². The summed E-state index contributed by atoms with van der Waals surface area (Å²) in [6, 6.07) is 15.6. The van der Waals surface area contributed by atoms with E-state index in [1.807, 2.05) is 48.5 Å². The van der Waals surface area contributed by atoms with Crippen molar-refractivity contribution in [3.8, 4) is 0 Å². The van der Waals surface area contributed by atoms with Crippen molar-refractivity contribution in [1.82, 2.24) is 0 Å². The van der Waals surface area contributed by atoms with Crippen LogP contribution in [0, 0.1) is 23.7 Å². The molecule has 1 saturated carbocycles. The van der Waals surface area contributed by atoms with Crippen LogP contribution in [0.2, 0.25) is 0 Å². The molecule has 130 valence electrons. The molecule has 2 N–H and O–H groups in total. The number of imide groups is 1. The van der Waals surface area contributed by atoms with E-state index in [0.717, 1.165) is 24.1 Å². The predicted octanol–water partition coefficient (Wildman–Crippen LogP) is 3.17. The lowest BCUT2D eigenvalue weighted by molar-refractivity contribution is -0.123. The first-order valence-corrected chi connectivity index (χ1v) is 9.11. The van der Waals surface area contributed by atoms with Crippen molar-refractivity contribution in [3.05, 3.63) is 71.8 Å². The van der Waals surface area contributed by atoms with Gasteiger partial charge in [0.1, 0.15) is 0 Å². The number of nitrogens with zero attached hydrogens (tertiary/aromatic N) is 1. The number of amides is 2. The lowest BCUT2D eigenvalue weighted by Crippen LogP contribution is -2.32. The highest BCUT2D eigenvalue weighted by molar-refractivity contribution is 6.22. The number of nitrogens with two attached hydrogens (primary N) is 1. The Morgan fingerprint density at radius 2 is 1.31 bits per heavy atom. The molecule has 3 aliphatic rings. The van der Waals surface area contributed by atoms with Crippen LogP contribution in [0.15, 0.2) is 60.7 Å². The molecule has 1 aliphatic heterocycles. The van der Waals surface area contributed by atoms with E-state index in [1.165, 1.54) is 10.5 Å². The highest BCUT2D eigenvalue weighted by Gasteiger charge is 2.59. The van der Waals surface area contributed by atoms with E-state index in [4.69, 9.17) is 5.73 Å². The molecular weight excluding hydrogens is 324 g/mol. The van der Waals surface area contributed by atoms with Crippen LogP contribution in [0.3, 0.4) is 0 Å². The van der Waals surface area contributed by atoms with Gasteiger partial charge in [-0.3, -0.25) is 14.5 Å². The number of carbonyl (C=O) groups is 2. The fraction of sp³-hybridized carbons (Fsp3) is 0.273. The van der Waals surface area contributed by atoms with Gasteiger partial charge in [-0.15, -0.1) is 0 Å². The van der Waals surface area contributed by atoms with Crippen molar-refractivity contribution in [3.63, 3.8) is 0 Å². The van der Waals surface area contributed by atoms with E-state index in [2.05, 4.69) is 12.2 Å². The number of nitrogen functional groups attached to an aromatic ring is 1. The summed E-state index contributed by atoms with van der Waals surface area (Å²) in [6.07, 6.45) is 6.00. The fourth-order valence-corrected chi connectivity index (χ4v) is 4.79. The lowest BCUT2D eigenvalue weighted by atomic mass is 9.85. The molecule has 4 heteroatoms. The fourth-order valence-electron chi connectivity index (χ4n) is 4.79. The number of fused-ring (bicyclic) bond motifs is 5. The molecular formula is C22H20N2O2. The average molecular weight is 344 g/mol. The van der Waals surface area contributed by atoms with Crippen molar-refractivity contribution < 1.29 is 9.59 Å². The minimum atomic E-state index is -0.146. The minimum Gasteiger partial charge on any atom is -0.399 e. The lowest BCUT2D eigenvalue weighted by Gasteiger charge is -2.17. The number of hydrogen-bond donors (Lipinski definition) is 1. The molecule has 4 nitrogen and oxygen atoms in total. The van der Waals surface area contributed by atoms with E-state index in [9.17, 15) is 9.59 Å². The predicted molar refractivity (Wildman–Crippen MR) is 100 cm³/mol. The molecule has 2 aromatic carbocycles. The van der Waals surface area contributed by atoms with E-state index in [0.29, 0.717) is 5.69 Å². The molecule has 1 heterocycles. The number of carbonyl (C=O) groups excluding carboxylic acids is 2. The summed E-state index contributed by atoms with van der Waals surface area (Å²) >= 11 is 0. The Morgan fingerprint density at radius 3 is 1.85 bits per heavy atom. The monoisotopic (exact) mass is 344 g/mol. The van der Waals surface area contributed by atoms with Crippen LogP contribution in [-0.4, -0.2) is 11.8 Å². The van der Waals surface area contributed by atoms with Gasteiger partial charge in [-0.25, -0.2) is 0 Å². The van der Waals surface area contributed by atoms with Gasteiger partial charge in [-0.05, 0) is 60.1 Å². The maximum atomic E-state index is 12.9. The van der Waals surface area contributed by atoms with Crippen LogP contribution in [0.1, 0.15) is 17.5 Å². The molecule has 4 atom stereocenters. The molecule has 2 aliphatic carbocycles. The molecule has 0 radical (unpaired) electrons. The summed E-state index contributed by atoms with van der Waals surface area (Å²) in [7, 11) is 0. The zero-order chi connectivity index (χ0) is 17.8. The molecule has 1 saturated heterocycles. The third-order valence-corrected chi connectivity index (χ3v) is 6.05. The van der Waals surface area contributed by atoms with Gasteiger partial charge >= 0.3 is 0 Å². The number of benzene rings is 2. The van der Waals surface area contributed by atoms with Gasteiger partial charge in [-0.2, -0.15) is 0 Å². The Labute approximate surface area is 152 Å². The van der Waals surface area contributed by atoms with Crippen molar-refractivity contribution in [1.29, 1.82) is 0 Å². The molecule has 2 aromatic rings. The first-order chi connectivity index (χ1) is 12.6. The maximum Gasteiger partial charge on any atom is 0.238 e. The summed E-state index contributed by atoms with van der Waals surface area (Å²) in [5.74, 6) is 0.151. The minimum absolute atomic E-state index is 0.0249. The zero-order valence-corrected chi connectivity index (χ0v) is 14.3. The third-order valence-electron chi connectivity index (χ3n) is 6.05. The number of rotatable bonds is 3. The SMILES string of the molecule is Nc1ccc(Cc2ccc(N3C(=O)[C@@H]4[C@@H](C3=O)[C@H]3C=C[C@@H]4C3)cc2)cc1. The maximum absolute atomic E-state index is 12.9. The van der Waals surface area contributed by atoms with Gasteiger partial charge in [0.25, 0.3) is 0 Å². The Kier molecular flexibility index (Phi) is 3.29. The van der Waals surface area contributed by atoms with Crippen LogP contribution in [0.4, 0.5) is 11.4 Å². The Balaban J connectivity index is 1.37. The van der Waals surface area contributed by atoms with Gasteiger partial charge in [0.05, 0.1) is 17.5 Å². The summed E-state index contributed by atoms with van der Waals surface area (Å²) in [6.45, 7) is 0. The van der Waals surface area contributed by atoms with Gasteiger partial charge < -0.3 is 5.73 Å². The average Bonchev–Trinajstić information content (AvgIpc) is 3.32. The molecule has 0 spiro atoms. The summed E-state index contributed by atoms with van der Waals surface area (Å²) < 4.78 is 0. The molecule has 0 unspecified atom stereocenters. The molecule has 2 bridgehead atoms. The summed E-state index contributed by atoms with van der Waals surface area (Å²) in [5, 5.41) is 0. The van der Waals surface area contributed by atoms with Crippen LogP contribution in [-0.2, 0) is 16.0 Å². The van der Waals surface area contributed by atoms with Crippen molar-refractivity contribution in [2.75, 3.05) is 10.6 Å². The molecule has 0 aromatic heterocycles. The Hall–Kier alpha value is -2.88. The van der Waals surface area contributed by atoms with E-state index in [1.54, 1.807) is 0 Å². The number of allylic oxidation sites excluding steroid dienone is 2. The number of hydrogen-bond acceptors (Lipinski definition) is 3. The van der Waals surface area contributed by atoms with E-state index in [-0.39, 0.29) is 35.5 Å². The number of anilines is 2. The van der Waals surface area contributed by atoms with Crippen LogP contribution < -0.4 is 10.6 Å². The van der Waals surface area contributed by atoms with E-state index >= 15 is 0 Å². The second-order valence-corrected chi connectivity index (χ2v) is 7.60. The molecule has 26 heavy (non-hydrogen) atoms. The highest BCUT2D eigenvalue weighted by atomic mass is 16.2. The first kappa shape index (κ1) is 15.4. The van der Waals surface area contributed by atoms with Gasteiger partial charge in [-0.1, -0.05) is 36.4 Å². The second-order valence-electron chi connectivity index (χ2n) is 7.60. The van der Waals surface area contributed by atoms with Gasteiger partial charge in [0.2, 0.25) is 11.8 Å². The summed E-state index contributed by atoms with van der Waals surface area (Å²) in [4.78, 5) is 27.1. The van der Waals surface area contributed by atoms with Gasteiger partial charge in [0, 0.05) is 5.69 Å². The molecule has 5 rings (SSSR count). The normalized spacial score (nSPS) is 28.8. The molecule has 2 amide bonds. The zero-order valence-electron chi connectivity index (χ0n) is 14.3. The van der Waals surface area contributed by atoms with Crippen LogP contribution >= 0.6 is 0 Å². The first-order valence-electron chi connectivity index (χ1n) is 9.11. The molecule has 2 fully saturated rings. The van der Waals surface area contributed by atoms with Crippen molar-refractivity contribution in [2.24, 2.45) is 23.7 Å². The van der Waals surface area contributed by atoms with Gasteiger partial charge in [0.15, 0.2) is 0 Å². The Morgan fingerprint density at radius 1 is 0.808 bits per heavy atom. The van der Waals surface area contributed by atoms with Crippen molar-refractivity contribution >= 4 is 23.2 Å². The Bertz CT molecular complexity index is 884. The highest BCUT2D eigenvalue weighted by Crippen LogP contribution is 2.53. The quantitative estimate of drug-likeness (QED) is 0.528. The topological polar surface area (TPSA) is 63.4 Å². The van der Waals surface area contributed by atoms with Crippen LogP contribution in [0.25, 0.3) is 0 Å².